The number of hydrogen-bond acceptors (Lipinski definition) is 1. The zero-order valence-electron chi connectivity index (χ0n) is 11.7. The lowest BCUT2D eigenvalue weighted by atomic mass is 9.88. The third kappa shape index (κ3) is 6.48. The maximum Gasteiger partial charge on any atom is 0.0543 e. The van der Waals surface area contributed by atoms with Crippen LogP contribution in [0.2, 0.25) is 0 Å². The minimum atomic E-state index is -0.158. The zero-order valence-corrected chi connectivity index (χ0v) is 11.7. The van der Waals surface area contributed by atoms with Gasteiger partial charge >= 0.3 is 0 Å². The van der Waals surface area contributed by atoms with E-state index in [2.05, 4.69) is 52.0 Å². The number of hydrogen-bond donors (Lipinski definition) is 1. The minimum absolute atomic E-state index is 0.158. The predicted molar refractivity (Wildman–Crippen MR) is 74.2 cm³/mol. The molecular formula is C16H26O. The molecule has 0 aliphatic rings. The van der Waals surface area contributed by atoms with Gasteiger partial charge in [0.25, 0.3) is 0 Å². The smallest absolute Gasteiger partial charge is 0.0543 e. The molecule has 0 spiro atoms. The van der Waals surface area contributed by atoms with Gasteiger partial charge in [0.2, 0.25) is 0 Å². The number of benzene rings is 1. The van der Waals surface area contributed by atoms with Gasteiger partial charge in [0.1, 0.15) is 0 Å². The van der Waals surface area contributed by atoms with Gasteiger partial charge in [-0.15, -0.1) is 0 Å². The molecule has 1 nitrogen and oxygen atoms in total. The summed E-state index contributed by atoms with van der Waals surface area (Å²) in [4.78, 5) is 0. The molecule has 1 N–H and O–H groups in total. The average Bonchev–Trinajstić information content (AvgIpc) is 2.23. The lowest BCUT2D eigenvalue weighted by molar-refractivity contribution is 0.137. The Morgan fingerprint density at radius 3 is 2.47 bits per heavy atom. The van der Waals surface area contributed by atoms with Crippen molar-refractivity contribution in [3.8, 4) is 0 Å². The van der Waals surface area contributed by atoms with Crippen molar-refractivity contribution in [2.45, 2.75) is 59.5 Å². The van der Waals surface area contributed by atoms with Crippen molar-refractivity contribution in [3.63, 3.8) is 0 Å². The third-order valence-corrected chi connectivity index (χ3v) is 3.08. The van der Waals surface area contributed by atoms with E-state index in [1.165, 1.54) is 11.1 Å². The van der Waals surface area contributed by atoms with Crippen molar-refractivity contribution in [1.29, 1.82) is 0 Å². The third-order valence-electron chi connectivity index (χ3n) is 3.08. The molecule has 0 fully saturated rings. The van der Waals surface area contributed by atoms with E-state index in [-0.39, 0.29) is 6.10 Å². The number of aliphatic hydroxyl groups excluding tert-OH is 1. The monoisotopic (exact) mass is 234 g/mol. The highest BCUT2D eigenvalue weighted by Crippen LogP contribution is 2.22. The highest BCUT2D eigenvalue weighted by Gasteiger charge is 2.13. The van der Waals surface area contributed by atoms with E-state index in [1.54, 1.807) is 0 Å². The van der Waals surface area contributed by atoms with Crippen LogP contribution in [-0.4, -0.2) is 11.2 Å². The van der Waals surface area contributed by atoms with Crippen molar-refractivity contribution in [2.24, 2.45) is 5.41 Å². The highest BCUT2D eigenvalue weighted by atomic mass is 16.3. The second-order valence-electron chi connectivity index (χ2n) is 6.28. The van der Waals surface area contributed by atoms with Gasteiger partial charge in [-0.05, 0) is 43.6 Å². The van der Waals surface area contributed by atoms with Crippen LogP contribution in [0.4, 0.5) is 0 Å². The van der Waals surface area contributed by atoms with Crippen LogP contribution in [0.15, 0.2) is 24.3 Å². The van der Waals surface area contributed by atoms with Crippen LogP contribution >= 0.6 is 0 Å². The van der Waals surface area contributed by atoms with Gasteiger partial charge in [0.15, 0.2) is 0 Å². The molecular weight excluding hydrogens is 208 g/mol. The lowest BCUT2D eigenvalue weighted by Gasteiger charge is -2.20. The van der Waals surface area contributed by atoms with Crippen LogP contribution in [0, 0.1) is 12.3 Å². The summed E-state index contributed by atoms with van der Waals surface area (Å²) in [5.41, 5.74) is 2.95. The van der Waals surface area contributed by atoms with E-state index >= 15 is 0 Å². The molecule has 0 amide bonds. The van der Waals surface area contributed by atoms with Gasteiger partial charge in [-0.2, -0.15) is 0 Å². The largest absolute Gasteiger partial charge is 0.393 e. The van der Waals surface area contributed by atoms with Gasteiger partial charge in [-0.25, -0.2) is 0 Å². The summed E-state index contributed by atoms with van der Waals surface area (Å²) in [7, 11) is 0. The molecule has 1 heteroatoms. The molecule has 96 valence electrons. The topological polar surface area (TPSA) is 20.2 Å². The molecule has 0 saturated heterocycles. The van der Waals surface area contributed by atoms with Gasteiger partial charge in [-0.3, -0.25) is 0 Å². The Balaban J connectivity index is 2.31. The number of aryl methyl sites for hydroxylation is 2. The van der Waals surface area contributed by atoms with Crippen LogP contribution < -0.4 is 0 Å². The van der Waals surface area contributed by atoms with E-state index in [9.17, 15) is 5.11 Å². The van der Waals surface area contributed by atoms with E-state index in [0.29, 0.717) is 5.41 Å². The first-order chi connectivity index (χ1) is 7.87. The molecule has 1 aromatic carbocycles. The Morgan fingerprint density at radius 2 is 1.88 bits per heavy atom. The van der Waals surface area contributed by atoms with Crippen molar-refractivity contribution in [3.05, 3.63) is 35.4 Å². The highest BCUT2D eigenvalue weighted by molar-refractivity contribution is 5.22. The molecule has 0 saturated carbocycles. The molecule has 1 atom stereocenters. The standard InChI is InChI=1S/C16H26O/c1-13-6-5-7-14(12-13)8-9-15(17)10-11-16(2,3)4/h5-7,12,15,17H,8-11H2,1-4H3. The maximum absolute atomic E-state index is 9.94. The van der Waals surface area contributed by atoms with Gasteiger partial charge in [0, 0.05) is 0 Å². The van der Waals surface area contributed by atoms with E-state index in [1.807, 2.05) is 0 Å². The fourth-order valence-electron chi connectivity index (χ4n) is 1.94. The maximum atomic E-state index is 9.94. The Bertz CT molecular complexity index is 336. The lowest BCUT2D eigenvalue weighted by Crippen LogP contribution is -2.13. The molecule has 0 bridgehead atoms. The van der Waals surface area contributed by atoms with Crippen LogP contribution in [0.25, 0.3) is 0 Å². The molecule has 1 unspecified atom stereocenters. The summed E-state index contributed by atoms with van der Waals surface area (Å²) < 4.78 is 0. The molecule has 17 heavy (non-hydrogen) atoms. The summed E-state index contributed by atoms with van der Waals surface area (Å²) in [6.07, 6.45) is 3.69. The summed E-state index contributed by atoms with van der Waals surface area (Å²) in [5.74, 6) is 0. The number of aliphatic hydroxyl groups is 1. The Kier molecular flexibility index (Phi) is 5.20. The second kappa shape index (κ2) is 6.20. The molecule has 0 radical (unpaired) electrons. The Morgan fingerprint density at radius 1 is 1.18 bits per heavy atom. The summed E-state index contributed by atoms with van der Waals surface area (Å²) in [6, 6.07) is 8.55. The molecule has 0 aliphatic carbocycles. The quantitative estimate of drug-likeness (QED) is 0.812. The Hall–Kier alpha value is -0.820. The SMILES string of the molecule is Cc1cccc(CCC(O)CCC(C)(C)C)c1. The fraction of sp³-hybridized carbons (Fsp3) is 0.625. The van der Waals surface area contributed by atoms with Crippen molar-refractivity contribution in [1.82, 2.24) is 0 Å². The number of rotatable bonds is 5. The molecule has 0 aromatic heterocycles. The summed E-state index contributed by atoms with van der Waals surface area (Å²) in [5, 5.41) is 9.94. The van der Waals surface area contributed by atoms with Crippen LogP contribution in [0.3, 0.4) is 0 Å². The average molecular weight is 234 g/mol. The van der Waals surface area contributed by atoms with Gasteiger partial charge in [0.05, 0.1) is 6.10 Å². The normalized spacial score (nSPS) is 13.7. The molecule has 0 aliphatic heterocycles. The molecule has 0 heterocycles. The fourth-order valence-corrected chi connectivity index (χ4v) is 1.94. The second-order valence-corrected chi connectivity index (χ2v) is 6.28. The zero-order chi connectivity index (χ0) is 12.9. The van der Waals surface area contributed by atoms with Crippen molar-refractivity contribution < 1.29 is 5.11 Å². The van der Waals surface area contributed by atoms with E-state index in [0.717, 1.165) is 25.7 Å². The molecule has 1 rings (SSSR count). The summed E-state index contributed by atoms with van der Waals surface area (Å²) in [6.45, 7) is 8.78. The Labute approximate surface area is 106 Å². The van der Waals surface area contributed by atoms with Gasteiger partial charge in [-0.1, -0.05) is 50.6 Å². The first-order valence-electron chi connectivity index (χ1n) is 6.60. The van der Waals surface area contributed by atoms with Crippen molar-refractivity contribution in [2.75, 3.05) is 0 Å². The molecule has 1 aromatic rings. The first-order valence-corrected chi connectivity index (χ1v) is 6.60. The predicted octanol–water partition coefficient (Wildman–Crippen LogP) is 4.11. The van der Waals surface area contributed by atoms with Gasteiger partial charge < -0.3 is 5.11 Å². The first kappa shape index (κ1) is 14.2. The van der Waals surface area contributed by atoms with Crippen LogP contribution in [0.5, 0.6) is 0 Å². The van der Waals surface area contributed by atoms with Crippen LogP contribution in [-0.2, 0) is 6.42 Å². The van der Waals surface area contributed by atoms with Crippen LogP contribution in [0.1, 0.15) is 51.2 Å². The van der Waals surface area contributed by atoms with E-state index < -0.39 is 0 Å². The minimum Gasteiger partial charge on any atom is -0.393 e. The summed E-state index contributed by atoms with van der Waals surface area (Å²) >= 11 is 0. The van der Waals surface area contributed by atoms with E-state index in [4.69, 9.17) is 0 Å². The van der Waals surface area contributed by atoms with Crippen molar-refractivity contribution >= 4 is 0 Å².